The number of hydrogen-bond donors (Lipinski definition) is 1. The molecular formula is C10H10BrClFNO2. The SMILES string of the molecule is COC(=O)C(Br)CNc1ccc(F)cc1Cl. The van der Waals surface area contributed by atoms with Gasteiger partial charge in [0.05, 0.1) is 17.8 Å². The molecule has 0 heterocycles. The third kappa shape index (κ3) is 3.64. The number of benzene rings is 1. The Kier molecular flexibility index (Phi) is 5.02. The van der Waals surface area contributed by atoms with Crippen molar-refractivity contribution in [2.75, 3.05) is 19.0 Å². The first kappa shape index (κ1) is 13.3. The van der Waals surface area contributed by atoms with Crippen molar-refractivity contribution in [2.45, 2.75) is 4.83 Å². The molecule has 0 spiro atoms. The zero-order valence-corrected chi connectivity index (χ0v) is 10.8. The number of hydrogen-bond acceptors (Lipinski definition) is 3. The van der Waals surface area contributed by atoms with E-state index < -0.39 is 10.6 Å². The number of rotatable bonds is 4. The minimum Gasteiger partial charge on any atom is -0.468 e. The summed E-state index contributed by atoms with van der Waals surface area (Å²) in [4.78, 5) is 10.6. The van der Waals surface area contributed by atoms with Crippen molar-refractivity contribution in [3.05, 3.63) is 29.0 Å². The molecule has 0 saturated heterocycles. The van der Waals surface area contributed by atoms with Crippen molar-refractivity contribution in [3.63, 3.8) is 0 Å². The molecule has 0 aliphatic heterocycles. The molecule has 1 unspecified atom stereocenters. The molecule has 3 nitrogen and oxygen atoms in total. The summed E-state index contributed by atoms with van der Waals surface area (Å²) < 4.78 is 17.3. The van der Waals surface area contributed by atoms with Crippen molar-refractivity contribution < 1.29 is 13.9 Å². The molecule has 1 N–H and O–H groups in total. The third-order valence-electron chi connectivity index (χ3n) is 1.86. The number of esters is 1. The highest BCUT2D eigenvalue weighted by Gasteiger charge is 2.15. The van der Waals surface area contributed by atoms with Gasteiger partial charge in [0.15, 0.2) is 0 Å². The zero-order valence-electron chi connectivity index (χ0n) is 8.47. The Morgan fingerprint density at radius 3 is 2.94 bits per heavy atom. The fourth-order valence-corrected chi connectivity index (χ4v) is 1.63. The van der Waals surface area contributed by atoms with Crippen LogP contribution >= 0.6 is 27.5 Å². The van der Waals surface area contributed by atoms with Gasteiger partial charge in [0.25, 0.3) is 0 Å². The van der Waals surface area contributed by atoms with Gasteiger partial charge in [-0.25, -0.2) is 4.39 Å². The van der Waals surface area contributed by atoms with Crippen LogP contribution in [0.1, 0.15) is 0 Å². The van der Waals surface area contributed by atoms with Crippen LogP contribution in [0, 0.1) is 5.82 Å². The van der Waals surface area contributed by atoms with Crippen LogP contribution in [0.2, 0.25) is 5.02 Å². The third-order valence-corrected chi connectivity index (χ3v) is 2.87. The zero-order chi connectivity index (χ0) is 12.1. The molecular weight excluding hydrogens is 300 g/mol. The number of halogens is 3. The number of carbonyl (C=O) groups excluding carboxylic acids is 1. The molecule has 1 aromatic carbocycles. The van der Waals surface area contributed by atoms with E-state index in [9.17, 15) is 9.18 Å². The first-order valence-corrected chi connectivity index (χ1v) is 5.74. The van der Waals surface area contributed by atoms with Gasteiger partial charge < -0.3 is 10.1 Å². The standard InChI is InChI=1S/C10H10BrClFNO2/c1-16-10(15)7(11)5-14-9-3-2-6(13)4-8(9)12/h2-4,7,14H,5H2,1H3. The summed E-state index contributed by atoms with van der Waals surface area (Å²) in [7, 11) is 1.31. The Balaban J connectivity index is 2.58. The van der Waals surface area contributed by atoms with E-state index >= 15 is 0 Å². The highest BCUT2D eigenvalue weighted by molar-refractivity contribution is 9.10. The summed E-state index contributed by atoms with van der Waals surface area (Å²) in [5.74, 6) is -0.787. The van der Waals surface area contributed by atoms with Crippen LogP contribution in [0.3, 0.4) is 0 Å². The lowest BCUT2D eigenvalue weighted by Crippen LogP contribution is -2.24. The lowest BCUT2D eigenvalue weighted by Gasteiger charge is -2.11. The van der Waals surface area contributed by atoms with Gasteiger partial charge >= 0.3 is 5.97 Å². The van der Waals surface area contributed by atoms with Crippen molar-refractivity contribution in [1.82, 2.24) is 0 Å². The Hall–Kier alpha value is -0.810. The van der Waals surface area contributed by atoms with E-state index in [1.54, 1.807) is 0 Å². The highest BCUT2D eigenvalue weighted by atomic mass is 79.9. The molecule has 0 aromatic heterocycles. The minimum absolute atomic E-state index is 0.268. The van der Waals surface area contributed by atoms with Crippen LogP contribution in [0.4, 0.5) is 10.1 Å². The Morgan fingerprint density at radius 2 is 2.38 bits per heavy atom. The molecule has 16 heavy (non-hydrogen) atoms. The van der Waals surface area contributed by atoms with E-state index in [1.165, 1.54) is 25.3 Å². The molecule has 0 aliphatic rings. The Morgan fingerprint density at radius 1 is 1.69 bits per heavy atom. The second-order valence-corrected chi connectivity index (χ2v) is 4.51. The van der Waals surface area contributed by atoms with Gasteiger partial charge in [-0.1, -0.05) is 27.5 Å². The molecule has 1 aromatic rings. The number of nitrogens with one attached hydrogen (secondary N) is 1. The van der Waals surface area contributed by atoms with Crippen LogP contribution < -0.4 is 5.32 Å². The topological polar surface area (TPSA) is 38.3 Å². The fourth-order valence-electron chi connectivity index (χ4n) is 1.04. The van der Waals surface area contributed by atoms with Gasteiger partial charge in [-0.3, -0.25) is 4.79 Å². The van der Waals surface area contributed by atoms with Crippen molar-refractivity contribution in [2.24, 2.45) is 0 Å². The quantitative estimate of drug-likeness (QED) is 0.686. The molecule has 0 bridgehead atoms. The average molecular weight is 311 g/mol. The van der Waals surface area contributed by atoms with Crippen molar-refractivity contribution in [1.29, 1.82) is 0 Å². The molecule has 0 fully saturated rings. The number of anilines is 1. The second kappa shape index (κ2) is 6.06. The van der Waals surface area contributed by atoms with E-state index in [-0.39, 0.29) is 11.0 Å². The van der Waals surface area contributed by atoms with E-state index in [2.05, 4.69) is 26.0 Å². The lowest BCUT2D eigenvalue weighted by molar-refractivity contribution is -0.139. The molecule has 1 rings (SSSR count). The Labute approximate surface area is 106 Å². The first-order valence-electron chi connectivity index (χ1n) is 4.45. The van der Waals surface area contributed by atoms with Crippen LogP contribution in [-0.4, -0.2) is 24.5 Å². The molecule has 6 heteroatoms. The van der Waals surface area contributed by atoms with Gasteiger partial charge in [0, 0.05) is 6.54 Å². The van der Waals surface area contributed by atoms with Gasteiger partial charge in [-0.05, 0) is 18.2 Å². The van der Waals surface area contributed by atoms with E-state index in [0.29, 0.717) is 12.2 Å². The van der Waals surface area contributed by atoms with Crippen LogP contribution in [0.5, 0.6) is 0 Å². The Bertz CT molecular complexity index is 389. The predicted molar refractivity (Wildman–Crippen MR) is 64.6 cm³/mol. The summed E-state index contributed by atoms with van der Waals surface area (Å²) in [6, 6.07) is 4.00. The van der Waals surface area contributed by atoms with Crippen molar-refractivity contribution in [3.8, 4) is 0 Å². The van der Waals surface area contributed by atoms with E-state index in [1.807, 2.05) is 0 Å². The van der Waals surface area contributed by atoms with Crippen LogP contribution in [0.15, 0.2) is 18.2 Å². The molecule has 0 radical (unpaired) electrons. The number of methoxy groups -OCH3 is 1. The van der Waals surface area contributed by atoms with Crippen molar-refractivity contribution >= 4 is 39.2 Å². The normalized spacial score (nSPS) is 12.0. The summed E-state index contributed by atoms with van der Waals surface area (Å²) in [6.45, 7) is 0.304. The van der Waals surface area contributed by atoms with E-state index in [0.717, 1.165) is 0 Å². The van der Waals surface area contributed by atoms with Gasteiger partial charge in [0.1, 0.15) is 10.6 Å². The summed E-state index contributed by atoms with van der Waals surface area (Å²) >= 11 is 8.94. The lowest BCUT2D eigenvalue weighted by atomic mass is 10.3. The summed E-state index contributed by atoms with van der Waals surface area (Å²) in [5.41, 5.74) is 0.566. The number of carbonyl (C=O) groups is 1. The smallest absolute Gasteiger partial charge is 0.321 e. The predicted octanol–water partition coefficient (Wildman–Crippen LogP) is 2.83. The summed E-state index contributed by atoms with van der Waals surface area (Å²) in [6.07, 6.45) is 0. The highest BCUT2D eigenvalue weighted by Crippen LogP contribution is 2.22. The number of alkyl halides is 1. The molecule has 0 saturated carbocycles. The minimum atomic E-state index is -0.474. The maximum absolute atomic E-state index is 12.7. The average Bonchev–Trinajstić information content (AvgIpc) is 2.26. The number of ether oxygens (including phenoxy) is 1. The molecule has 88 valence electrons. The first-order chi connectivity index (χ1) is 7.54. The van der Waals surface area contributed by atoms with Gasteiger partial charge in [-0.15, -0.1) is 0 Å². The van der Waals surface area contributed by atoms with Crippen LogP contribution in [0.25, 0.3) is 0 Å². The monoisotopic (exact) mass is 309 g/mol. The molecule has 0 aliphatic carbocycles. The maximum atomic E-state index is 12.7. The van der Waals surface area contributed by atoms with Crippen LogP contribution in [-0.2, 0) is 9.53 Å². The van der Waals surface area contributed by atoms with Gasteiger partial charge in [0.2, 0.25) is 0 Å². The summed E-state index contributed by atoms with van der Waals surface area (Å²) in [5, 5.41) is 3.18. The maximum Gasteiger partial charge on any atom is 0.321 e. The largest absolute Gasteiger partial charge is 0.468 e. The van der Waals surface area contributed by atoms with E-state index in [4.69, 9.17) is 11.6 Å². The molecule has 0 amide bonds. The fraction of sp³-hybridized carbons (Fsp3) is 0.300. The van der Waals surface area contributed by atoms with Gasteiger partial charge in [-0.2, -0.15) is 0 Å². The molecule has 1 atom stereocenters. The second-order valence-electron chi connectivity index (χ2n) is 3.00.